The van der Waals surface area contributed by atoms with E-state index < -0.39 is 6.04 Å². The molecule has 1 aliphatic carbocycles. The summed E-state index contributed by atoms with van der Waals surface area (Å²) < 4.78 is 12.9. The minimum atomic E-state index is -0.571. The first-order valence-corrected chi connectivity index (χ1v) is 11.0. The summed E-state index contributed by atoms with van der Waals surface area (Å²) in [6.45, 7) is 0.914. The van der Waals surface area contributed by atoms with E-state index in [9.17, 15) is 14.0 Å². The number of hydrogen-bond acceptors (Lipinski definition) is 5. The van der Waals surface area contributed by atoms with E-state index in [1.807, 2.05) is 0 Å². The fraction of sp³-hybridized carbons (Fsp3) is 0.476. The zero-order valence-corrected chi connectivity index (χ0v) is 17.1. The van der Waals surface area contributed by atoms with Gasteiger partial charge in [0.2, 0.25) is 5.91 Å². The third-order valence-electron chi connectivity index (χ3n) is 5.18. The number of nitrogens with one attached hydrogen (secondary N) is 3. The number of halogens is 1. The van der Waals surface area contributed by atoms with Crippen molar-refractivity contribution in [2.75, 3.05) is 18.4 Å². The average molecular weight is 419 g/mol. The summed E-state index contributed by atoms with van der Waals surface area (Å²) >= 11 is 1.35. The fourth-order valence-electron chi connectivity index (χ4n) is 3.63. The van der Waals surface area contributed by atoms with Crippen LogP contribution in [0.15, 0.2) is 35.2 Å². The first-order valence-electron chi connectivity index (χ1n) is 10.1. The molecule has 1 aromatic carbocycles. The van der Waals surface area contributed by atoms with Crippen LogP contribution >= 0.6 is 11.3 Å². The molecule has 0 saturated heterocycles. The van der Waals surface area contributed by atoms with Crippen LogP contribution in [0.5, 0.6) is 0 Å². The molecule has 0 unspecified atom stereocenters. The molecule has 1 fully saturated rings. The molecular weight excluding hydrogens is 391 g/mol. The number of carbonyl (C=O) groups excluding carboxylic acids is 2. The third kappa shape index (κ3) is 6.81. The Bertz CT molecular complexity index is 776. The topological polar surface area (TPSA) is 83.1 Å². The zero-order valence-electron chi connectivity index (χ0n) is 16.3. The Labute approximate surface area is 174 Å². The largest absolute Gasteiger partial charge is 0.383 e. The Kier molecular flexibility index (Phi) is 7.98. The zero-order chi connectivity index (χ0) is 20.5. The Morgan fingerprint density at radius 3 is 2.59 bits per heavy atom. The van der Waals surface area contributed by atoms with Gasteiger partial charge in [-0.05, 0) is 36.6 Å². The summed E-state index contributed by atoms with van der Waals surface area (Å²) in [6.07, 6.45) is 6.45. The second kappa shape index (κ2) is 10.9. The number of nitrogens with zero attached hydrogens (tertiary/aromatic N) is 1. The molecule has 6 nitrogen and oxygen atoms in total. The van der Waals surface area contributed by atoms with Gasteiger partial charge in [0, 0.05) is 24.2 Å². The monoisotopic (exact) mass is 418 g/mol. The van der Waals surface area contributed by atoms with Gasteiger partial charge in [0.05, 0.1) is 5.51 Å². The van der Waals surface area contributed by atoms with E-state index in [4.69, 9.17) is 0 Å². The van der Waals surface area contributed by atoms with Crippen LogP contribution in [0.25, 0.3) is 0 Å². The quantitative estimate of drug-likeness (QED) is 0.544. The van der Waals surface area contributed by atoms with E-state index in [1.54, 1.807) is 23.0 Å². The summed E-state index contributed by atoms with van der Waals surface area (Å²) in [5.74, 6) is -0.329. The van der Waals surface area contributed by atoms with Gasteiger partial charge >= 0.3 is 0 Å². The second-order valence-electron chi connectivity index (χ2n) is 7.36. The SMILES string of the molecule is O=C(N[C@@H](CC1CCCCC1)C(=O)NCCNc1ccc(F)cc1)c1cscn1. The molecule has 1 atom stereocenters. The number of aromatic nitrogens is 1. The summed E-state index contributed by atoms with van der Waals surface area (Å²) in [5.41, 5.74) is 2.73. The van der Waals surface area contributed by atoms with Crippen molar-refractivity contribution >= 4 is 28.8 Å². The van der Waals surface area contributed by atoms with Crippen molar-refractivity contribution in [2.24, 2.45) is 5.92 Å². The van der Waals surface area contributed by atoms with E-state index in [0.717, 1.165) is 18.5 Å². The lowest BCUT2D eigenvalue weighted by Gasteiger charge is -2.26. The van der Waals surface area contributed by atoms with Crippen LogP contribution in [-0.2, 0) is 4.79 Å². The molecule has 1 aliphatic rings. The number of rotatable bonds is 9. The van der Waals surface area contributed by atoms with E-state index in [1.165, 1.54) is 42.7 Å². The number of thiazole rings is 1. The molecule has 0 aliphatic heterocycles. The Balaban J connectivity index is 1.51. The number of anilines is 1. The molecule has 0 bridgehead atoms. The van der Waals surface area contributed by atoms with Crippen molar-refractivity contribution in [1.29, 1.82) is 0 Å². The highest BCUT2D eigenvalue weighted by Gasteiger charge is 2.26. The molecule has 29 heavy (non-hydrogen) atoms. The highest BCUT2D eigenvalue weighted by atomic mass is 32.1. The van der Waals surface area contributed by atoms with E-state index in [0.29, 0.717) is 31.1 Å². The van der Waals surface area contributed by atoms with Crippen molar-refractivity contribution in [3.8, 4) is 0 Å². The predicted octanol–water partition coefficient (Wildman–Crippen LogP) is 3.58. The maximum atomic E-state index is 12.9. The minimum absolute atomic E-state index is 0.181. The molecule has 2 aromatic rings. The lowest BCUT2D eigenvalue weighted by molar-refractivity contribution is -0.123. The van der Waals surface area contributed by atoms with Gasteiger partial charge in [-0.1, -0.05) is 32.1 Å². The number of amides is 2. The van der Waals surface area contributed by atoms with Crippen molar-refractivity contribution in [2.45, 2.75) is 44.6 Å². The molecule has 3 N–H and O–H groups in total. The lowest BCUT2D eigenvalue weighted by atomic mass is 9.84. The first-order chi connectivity index (χ1) is 14.1. The van der Waals surface area contributed by atoms with Gasteiger partial charge in [-0.25, -0.2) is 9.37 Å². The molecule has 2 amide bonds. The molecule has 3 rings (SSSR count). The molecule has 8 heteroatoms. The van der Waals surface area contributed by atoms with E-state index in [2.05, 4.69) is 20.9 Å². The van der Waals surface area contributed by atoms with Crippen LogP contribution in [0, 0.1) is 11.7 Å². The molecular formula is C21H27FN4O2S. The van der Waals surface area contributed by atoms with Gasteiger partial charge < -0.3 is 16.0 Å². The van der Waals surface area contributed by atoms with Crippen LogP contribution in [0.3, 0.4) is 0 Å². The van der Waals surface area contributed by atoms with Gasteiger partial charge in [0.25, 0.3) is 5.91 Å². The Morgan fingerprint density at radius 1 is 1.14 bits per heavy atom. The van der Waals surface area contributed by atoms with E-state index >= 15 is 0 Å². The Hall–Kier alpha value is -2.48. The van der Waals surface area contributed by atoms with Crippen molar-refractivity contribution in [3.63, 3.8) is 0 Å². The minimum Gasteiger partial charge on any atom is -0.383 e. The number of hydrogen-bond donors (Lipinski definition) is 3. The first kappa shape index (κ1) is 21.2. The molecule has 156 valence electrons. The van der Waals surface area contributed by atoms with Crippen molar-refractivity contribution in [1.82, 2.24) is 15.6 Å². The van der Waals surface area contributed by atoms with Crippen molar-refractivity contribution in [3.05, 3.63) is 46.7 Å². The average Bonchev–Trinajstić information content (AvgIpc) is 3.28. The van der Waals surface area contributed by atoms with Gasteiger partial charge in [-0.2, -0.15) is 0 Å². The summed E-state index contributed by atoms with van der Waals surface area (Å²) in [7, 11) is 0. The van der Waals surface area contributed by atoms with E-state index in [-0.39, 0.29) is 17.6 Å². The van der Waals surface area contributed by atoms with Gasteiger partial charge in [-0.3, -0.25) is 9.59 Å². The molecule has 1 heterocycles. The predicted molar refractivity (Wildman–Crippen MR) is 112 cm³/mol. The number of carbonyl (C=O) groups is 2. The van der Waals surface area contributed by atoms with Crippen LogP contribution in [0.1, 0.15) is 49.0 Å². The standard InChI is InChI=1S/C21H27FN4O2S/c22-16-6-8-17(9-7-16)23-10-11-24-20(27)18(12-15-4-2-1-3-5-15)26-21(28)19-13-29-14-25-19/h6-9,13-15,18,23H,1-5,10-12H2,(H,24,27)(H,26,28)/t18-/m0/s1. The maximum absolute atomic E-state index is 12.9. The van der Waals surface area contributed by atoms with Crippen molar-refractivity contribution < 1.29 is 14.0 Å². The molecule has 0 spiro atoms. The van der Waals surface area contributed by atoms with Gasteiger partial charge in [0.15, 0.2) is 0 Å². The fourth-order valence-corrected chi connectivity index (χ4v) is 4.16. The summed E-state index contributed by atoms with van der Waals surface area (Å²) in [4.78, 5) is 29.2. The van der Waals surface area contributed by atoms with Crippen LogP contribution in [0.4, 0.5) is 10.1 Å². The third-order valence-corrected chi connectivity index (χ3v) is 5.76. The highest BCUT2D eigenvalue weighted by molar-refractivity contribution is 7.07. The lowest BCUT2D eigenvalue weighted by Crippen LogP contribution is -2.48. The van der Waals surface area contributed by atoms with Crippen LogP contribution in [0.2, 0.25) is 0 Å². The molecule has 0 radical (unpaired) electrons. The number of benzene rings is 1. The Morgan fingerprint density at radius 2 is 1.90 bits per heavy atom. The van der Waals surface area contributed by atoms with Crippen LogP contribution < -0.4 is 16.0 Å². The summed E-state index contributed by atoms with van der Waals surface area (Å²) in [5, 5.41) is 10.6. The van der Waals surface area contributed by atoms with Crippen LogP contribution in [-0.4, -0.2) is 35.9 Å². The van der Waals surface area contributed by atoms with Gasteiger partial charge in [-0.15, -0.1) is 11.3 Å². The maximum Gasteiger partial charge on any atom is 0.271 e. The second-order valence-corrected chi connectivity index (χ2v) is 8.08. The highest BCUT2D eigenvalue weighted by Crippen LogP contribution is 2.27. The smallest absolute Gasteiger partial charge is 0.271 e. The molecule has 1 aromatic heterocycles. The molecule has 1 saturated carbocycles. The van der Waals surface area contributed by atoms with Gasteiger partial charge in [0.1, 0.15) is 17.6 Å². The summed E-state index contributed by atoms with van der Waals surface area (Å²) in [6, 6.07) is 5.50. The normalized spacial score (nSPS) is 15.5.